The average molecular weight is 102 g/mol. The highest BCUT2D eigenvalue weighted by molar-refractivity contribution is 6.28. The summed E-state index contributed by atoms with van der Waals surface area (Å²) >= 11 is 0. The van der Waals surface area contributed by atoms with Gasteiger partial charge in [-0.3, -0.25) is 0 Å². The molecule has 1 heterocycles. The van der Waals surface area contributed by atoms with E-state index in [1.54, 1.807) is 0 Å². The van der Waals surface area contributed by atoms with Crippen LogP contribution >= 0.6 is 0 Å². The minimum atomic E-state index is 0.00849. The maximum absolute atomic E-state index is 3.31. The second-order valence-corrected chi connectivity index (χ2v) is 2.88. The third kappa shape index (κ3) is 1.08. The van der Waals surface area contributed by atoms with Crippen LogP contribution in [0.4, 0.5) is 0 Å². The van der Waals surface area contributed by atoms with Gasteiger partial charge in [0.15, 0.2) is 9.84 Å². The lowest BCUT2D eigenvalue weighted by Gasteiger charge is -2.10. The number of rotatable bonds is 0. The molecule has 0 aromatic carbocycles. The molecule has 0 aliphatic carbocycles. The highest BCUT2D eigenvalue weighted by Crippen LogP contribution is 1.73. The van der Waals surface area contributed by atoms with E-state index in [1.807, 2.05) is 0 Å². The lowest BCUT2D eigenvalue weighted by molar-refractivity contribution is 0.707. The van der Waals surface area contributed by atoms with Crippen LogP contribution in [0.15, 0.2) is 0 Å². The highest BCUT2D eigenvalue weighted by Gasteiger charge is 1.92. The Morgan fingerprint density at radius 1 is 1.17 bits per heavy atom. The largest absolute Gasteiger partial charge is 0.330 e. The number of hydrogen-bond donors (Lipinski definition) is 2. The van der Waals surface area contributed by atoms with E-state index in [9.17, 15) is 0 Å². The van der Waals surface area contributed by atoms with Gasteiger partial charge in [0.2, 0.25) is 0 Å². The smallest absolute Gasteiger partial charge is 0.167 e. The molecule has 0 atom stereocenters. The van der Waals surface area contributed by atoms with Crippen molar-refractivity contribution in [3.05, 3.63) is 0 Å². The van der Waals surface area contributed by atoms with Crippen LogP contribution in [0.2, 0.25) is 0 Å². The Bertz CT molecular complexity index is 24.3. The molecule has 0 spiro atoms. The molecular weight excluding hydrogens is 92.1 g/mol. The predicted octanol–water partition coefficient (Wildman–Crippen LogP) is -1.43. The van der Waals surface area contributed by atoms with Crippen LogP contribution in [0, 0.1) is 0 Å². The highest BCUT2D eigenvalue weighted by atomic mass is 28.2. The van der Waals surface area contributed by atoms with E-state index in [-0.39, 0.29) is 9.84 Å². The Morgan fingerprint density at radius 3 is 2.00 bits per heavy atom. The summed E-state index contributed by atoms with van der Waals surface area (Å²) in [7, 11) is 0.00849. The quantitative estimate of drug-likeness (QED) is 0.366. The van der Waals surface area contributed by atoms with Gasteiger partial charge in [-0.1, -0.05) is 0 Å². The van der Waals surface area contributed by atoms with Gasteiger partial charge in [-0.15, -0.1) is 0 Å². The zero-order chi connectivity index (χ0) is 4.24. The Morgan fingerprint density at radius 2 is 1.83 bits per heavy atom. The maximum atomic E-state index is 3.31. The van der Waals surface area contributed by atoms with Crippen molar-refractivity contribution in [2.45, 2.75) is 6.42 Å². The molecule has 0 radical (unpaired) electrons. The first-order chi connectivity index (χ1) is 3.00. The fraction of sp³-hybridized carbons (Fsp3) is 1.00. The third-order valence-corrected chi connectivity index (χ3v) is 2.16. The van der Waals surface area contributed by atoms with Crippen molar-refractivity contribution in [1.29, 1.82) is 0 Å². The molecule has 0 unspecified atom stereocenters. The van der Waals surface area contributed by atoms with Crippen molar-refractivity contribution >= 4 is 9.84 Å². The minimum absolute atomic E-state index is 0.00849. The zero-order valence-electron chi connectivity index (χ0n) is 3.83. The third-order valence-electron chi connectivity index (χ3n) is 0.957. The second kappa shape index (κ2) is 2.33. The molecule has 0 saturated carbocycles. The fourth-order valence-corrected chi connectivity index (χ4v) is 1.63. The van der Waals surface area contributed by atoms with E-state index in [1.165, 1.54) is 19.5 Å². The first kappa shape index (κ1) is 4.30. The van der Waals surface area contributed by atoms with Gasteiger partial charge in [-0.2, -0.15) is 0 Å². The Kier molecular flexibility index (Phi) is 1.67. The maximum Gasteiger partial charge on any atom is 0.167 e. The van der Waals surface area contributed by atoms with Crippen molar-refractivity contribution in [2.24, 2.45) is 0 Å². The molecule has 3 heteroatoms. The molecule has 36 valence electrons. The predicted molar refractivity (Wildman–Crippen MR) is 29.2 cm³/mol. The molecule has 0 aromatic rings. The van der Waals surface area contributed by atoms with Gasteiger partial charge in [0.1, 0.15) is 0 Å². The molecule has 0 aromatic heterocycles. The van der Waals surface area contributed by atoms with Crippen LogP contribution in [-0.4, -0.2) is 22.9 Å². The van der Waals surface area contributed by atoms with Crippen molar-refractivity contribution in [3.8, 4) is 0 Å². The molecule has 1 rings (SSSR count). The Balaban J connectivity index is 2.00. The van der Waals surface area contributed by atoms with Gasteiger partial charge in [0.05, 0.1) is 0 Å². The van der Waals surface area contributed by atoms with Gasteiger partial charge in [0, 0.05) is 0 Å². The van der Waals surface area contributed by atoms with E-state index in [4.69, 9.17) is 0 Å². The van der Waals surface area contributed by atoms with Crippen LogP contribution in [0.25, 0.3) is 0 Å². The fourth-order valence-electron chi connectivity index (χ4n) is 0.604. The molecule has 0 amide bonds. The Hall–Kier alpha value is 0.137. The zero-order valence-corrected chi connectivity index (χ0v) is 5.24. The minimum Gasteiger partial charge on any atom is -0.330 e. The van der Waals surface area contributed by atoms with Gasteiger partial charge < -0.3 is 9.96 Å². The summed E-state index contributed by atoms with van der Waals surface area (Å²) in [5.41, 5.74) is 0. The van der Waals surface area contributed by atoms with Crippen LogP contribution in [-0.2, 0) is 0 Å². The lowest BCUT2D eigenvalue weighted by atomic mass is 10.4. The molecule has 2 nitrogen and oxygen atoms in total. The average Bonchev–Trinajstić information content (AvgIpc) is 1.72. The molecular formula is C3H10N2Si. The summed E-state index contributed by atoms with van der Waals surface area (Å²) in [4.78, 5) is 6.62. The van der Waals surface area contributed by atoms with Crippen molar-refractivity contribution in [3.63, 3.8) is 0 Å². The number of nitrogens with one attached hydrogen (secondary N) is 2. The van der Waals surface area contributed by atoms with E-state index in [0.717, 1.165) is 0 Å². The van der Waals surface area contributed by atoms with E-state index < -0.39 is 0 Å². The first-order valence-corrected chi connectivity index (χ1v) is 3.83. The SMILES string of the molecule is C1CN[SiH2]NC1. The second-order valence-electron chi connectivity index (χ2n) is 1.53. The summed E-state index contributed by atoms with van der Waals surface area (Å²) in [6.45, 7) is 2.50. The summed E-state index contributed by atoms with van der Waals surface area (Å²) in [6.07, 6.45) is 1.31. The van der Waals surface area contributed by atoms with E-state index >= 15 is 0 Å². The summed E-state index contributed by atoms with van der Waals surface area (Å²) < 4.78 is 0. The van der Waals surface area contributed by atoms with Gasteiger partial charge in [0.25, 0.3) is 0 Å². The Labute approximate surface area is 40.3 Å². The van der Waals surface area contributed by atoms with Crippen LogP contribution < -0.4 is 9.96 Å². The van der Waals surface area contributed by atoms with Crippen LogP contribution in [0.1, 0.15) is 6.42 Å². The monoisotopic (exact) mass is 102 g/mol. The van der Waals surface area contributed by atoms with E-state index in [0.29, 0.717) is 0 Å². The molecule has 1 fully saturated rings. The topological polar surface area (TPSA) is 24.1 Å². The van der Waals surface area contributed by atoms with E-state index in [2.05, 4.69) is 9.96 Å². The number of hydrogen-bond acceptors (Lipinski definition) is 2. The van der Waals surface area contributed by atoms with Crippen molar-refractivity contribution < 1.29 is 0 Å². The summed E-state index contributed by atoms with van der Waals surface area (Å²) in [5, 5.41) is 0. The van der Waals surface area contributed by atoms with Gasteiger partial charge >= 0.3 is 0 Å². The van der Waals surface area contributed by atoms with Gasteiger partial charge in [-0.25, -0.2) is 0 Å². The standard InChI is InChI=1S/C3H10N2Si/c1-2-4-6-5-3-1/h4-5H,1-3,6H2. The summed E-state index contributed by atoms with van der Waals surface area (Å²) in [6, 6.07) is 0. The molecule has 0 bridgehead atoms. The van der Waals surface area contributed by atoms with Crippen LogP contribution in [0.5, 0.6) is 0 Å². The molecule has 1 aliphatic heterocycles. The van der Waals surface area contributed by atoms with Gasteiger partial charge in [-0.05, 0) is 19.5 Å². The summed E-state index contributed by atoms with van der Waals surface area (Å²) in [5.74, 6) is 0. The molecule has 2 N–H and O–H groups in total. The van der Waals surface area contributed by atoms with Crippen molar-refractivity contribution in [2.75, 3.05) is 13.1 Å². The first-order valence-electron chi connectivity index (χ1n) is 2.41. The van der Waals surface area contributed by atoms with Crippen LogP contribution in [0.3, 0.4) is 0 Å². The molecule has 6 heavy (non-hydrogen) atoms. The molecule has 1 aliphatic rings. The lowest BCUT2D eigenvalue weighted by Crippen LogP contribution is -2.40. The van der Waals surface area contributed by atoms with Crippen molar-refractivity contribution in [1.82, 2.24) is 9.96 Å². The molecule has 1 saturated heterocycles. The normalized spacial score (nSPS) is 24.0.